The molecule has 2 heterocycles. The summed E-state index contributed by atoms with van der Waals surface area (Å²) in [5.41, 5.74) is 2.32. The normalized spacial score (nSPS) is 23.4. The minimum absolute atomic E-state index is 0.0518. The molecule has 0 radical (unpaired) electrons. The van der Waals surface area contributed by atoms with Crippen LogP contribution in [0.4, 0.5) is 0 Å². The van der Waals surface area contributed by atoms with Crippen molar-refractivity contribution < 1.29 is 4.74 Å². The summed E-state index contributed by atoms with van der Waals surface area (Å²) in [6.07, 6.45) is 7.83. The number of rotatable bonds is 2. The summed E-state index contributed by atoms with van der Waals surface area (Å²) in [6.45, 7) is 0.821. The van der Waals surface area contributed by atoms with Crippen molar-refractivity contribution in [3.63, 3.8) is 0 Å². The second-order valence-corrected chi connectivity index (χ2v) is 6.90. The van der Waals surface area contributed by atoms with Crippen LogP contribution in [-0.4, -0.2) is 16.4 Å². The van der Waals surface area contributed by atoms with Gasteiger partial charge < -0.3 is 4.74 Å². The first kappa shape index (κ1) is 13.1. The Kier molecular flexibility index (Phi) is 3.28. The quantitative estimate of drug-likeness (QED) is 0.755. The van der Waals surface area contributed by atoms with Crippen LogP contribution in [-0.2, 0) is 4.74 Å². The Labute approximate surface area is 131 Å². The topological polar surface area (TPSA) is 27.1 Å². The Morgan fingerprint density at radius 3 is 2.85 bits per heavy atom. The summed E-state index contributed by atoms with van der Waals surface area (Å²) in [5.74, 6) is 0.621. The number of hydrogen-bond acceptors (Lipinski definition) is 2. The summed E-state index contributed by atoms with van der Waals surface area (Å²) in [5, 5.41) is 6.54. The van der Waals surface area contributed by atoms with Gasteiger partial charge in [-0.1, -0.05) is 11.6 Å². The van der Waals surface area contributed by atoms with Gasteiger partial charge in [0.2, 0.25) is 0 Å². The van der Waals surface area contributed by atoms with Gasteiger partial charge in [-0.2, -0.15) is 5.10 Å². The molecule has 1 atom stereocenters. The first-order valence-corrected chi connectivity index (χ1v) is 8.39. The van der Waals surface area contributed by atoms with Crippen molar-refractivity contribution >= 4 is 38.4 Å². The third-order valence-electron chi connectivity index (χ3n) is 4.24. The molecule has 2 aromatic rings. The summed E-state index contributed by atoms with van der Waals surface area (Å²) >= 11 is 10.2. The highest BCUT2D eigenvalue weighted by Gasteiger charge is 2.30. The SMILES string of the molecule is Clc1cc2c(cnn2C2CCCCO2)c(Br)c1C1CC1. The monoisotopic (exact) mass is 354 g/mol. The van der Waals surface area contributed by atoms with Crippen molar-refractivity contribution in [2.75, 3.05) is 6.61 Å². The molecule has 1 aliphatic heterocycles. The fourth-order valence-corrected chi connectivity index (χ4v) is 4.33. The van der Waals surface area contributed by atoms with E-state index in [2.05, 4.69) is 27.1 Å². The van der Waals surface area contributed by atoms with E-state index in [9.17, 15) is 0 Å². The van der Waals surface area contributed by atoms with Gasteiger partial charge in [-0.25, -0.2) is 4.68 Å². The predicted molar refractivity (Wildman–Crippen MR) is 83.3 cm³/mol. The molecule has 1 aliphatic carbocycles. The van der Waals surface area contributed by atoms with E-state index in [1.165, 1.54) is 24.8 Å². The van der Waals surface area contributed by atoms with Crippen molar-refractivity contribution in [2.45, 2.75) is 44.2 Å². The molecule has 1 aromatic carbocycles. The van der Waals surface area contributed by atoms with Crippen LogP contribution in [0.3, 0.4) is 0 Å². The van der Waals surface area contributed by atoms with Crippen LogP contribution >= 0.6 is 27.5 Å². The maximum atomic E-state index is 6.50. The molecule has 1 saturated heterocycles. The molecule has 1 unspecified atom stereocenters. The van der Waals surface area contributed by atoms with Gasteiger partial charge in [0.05, 0.1) is 11.7 Å². The molecule has 4 rings (SSSR count). The fourth-order valence-electron chi connectivity index (χ4n) is 3.02. The average Bonchev–Trinajstić information content (AvgIpc) is 3.19. The lowest BCUT2D eigenvalue weighted by atomic mass is 10.1. The van der Waals surface area contributed by atoms with Crippen LogP contribution < -0.4 is 0 Å². The Morgan fingerprint density at radius 2 is 2.15 bits per heavy atom. The van der Waals surface area contributed by atoms with E-state index in [0.717, 1.165) is 39.8 Å². The van der Waals surface area contributed by atoms with E-state index >= 15 is 0 Å². The Hall–Kier alpha value is -0.580. The first-order chi connectivity index (χ1) is 9.75. The van der Waals surface area contributed by atoms with E-state index in [1.54, 1.807) is 0 Å². The number of nitrogens with zero attached hydrogens (tertiary/aromatic N) is 2. The van der Waals surface area contributed by atoms with Crippen LogP contribution in [0, 0.1) is 0 Å². The molecule has 1 aromatic heterocycles. The number of benzene rings is 1. The lowest BCUT2D eigenvalue weighted by Gasteiger charge is -2.23. The van der Waals surface area contributed by atoms with Crippen molar-refractivity contribution in [3.05, 3.63) is 27.3 Å². The number of hydrogen-bond donors (Lipinski definition) is 0. The molecule has 0 spiro atoms. The van der Waals surface area contributed by atoms with Gasteiger partial charge in [0.25, 0.3) is 0 Å². The number of aromatic nitrogens is 2. The molecule has 106 valence electrons. The van der Waals surface area contributed by atoms with Gasteiger partial charge in [-0.3, -0.25) is 0 Å². The minimum atomic E-state index is 0.0518. The van der Waals surface area contributed by atoms with Crippen molar-refractivity contribution in [3.8, 4) is 0 Å². The third-order valence-corrected chi connectivity index (χ3v) is 5.41. The molecule has 1 saturated carbocycles. The lowest BCUT2D eigenvalue weighted by molar-refractivity contribution is -0.0366. The van der Waals surface area contributed by atoms with Gasteiger partial charge >= 0.3 is 0 Å². The molecule has 3 nitrogen and oxygen atoms in total. The number of fused-ring (bicyclic) bond motifs is 1. The van der Waals surface area contributed by atoms with E-state index in [4.69, 9.17) is 16.3 Å². The Balaban J connectivity index is 1.84. The van der Waals surface area contributed by atoms with Gasteiger partial charge in [0.15, 0.2) is 6.23 Å². The van der Waals surface area contributed by atoms with Gasteiger partial charge in [-0.15, -0.1) is 0 Å². The smallest absolute Gasteiger partial charge is 0.150 e. The first-order valence-electron chi connectivity index (χ1n) is 7.22. The minimum Gasteiger partial charge on any atom is -0.356 e. The van der Waals surface area contributed by atoms with E-state index in [-0.39, 0.29) is 6.23 Å². The van der Waals surface area contributed by atoms with Gasteiger partial charge in [0.1, 0.15) is 0 Å². The molecule has 5 heteroatoms. The molecule has 0 N–H and O–H groups in total. The highest BCUT2D eigenvalue weighted by Crippen LogP contribution is 2.48. The third kappa shape index (κ3) is 2.09. The van der Waals surface area contributed by atoms with Crippen molar-refractivity contribution in [1.82, 2.24) is 9.78 Å². The highest BCUT2D eigenvalue weighted by molar-refractivity contribution is 9.10. The maximum absolute atomic E-state index is 6.50. The van der Waals surface area contributed by atoms with E-state index in [0.29, 0.717) is 5.92 Å². The predicted octanol–water partition coefficient (Wildman–Crippen LogP) is 5.03. The molecular formula is C15H16BrClN2O. The number of ether oxygens (including phenoxy) is 1. The standard InChI is InChI=1S/C15H16BrClN2O/c16-15-10-8-18-19(13-3-1-2-6-20-13)12(10)7-11(17)14(15)9-4-5-9/h7-9,13H,1-6H2. The van der Waals surface area contributed by atoms with Crippen molar-refractivity contribution in [2.24, 2.45) is 0 Å². The molecule has 0 bridgehead atoms. The highest BCUT2D eigenvalue weighted by atomic mass is 79.9. The number of halogens is 2. The zero-order chi connectivity index (χ0) is 13.7. The van der Waals surface area contributed by atoms with E-state index in [1.807, 2.05) is 10.9 Å². The molecule has 20 heavy (non-hydrogen) atoms. The van der Waals surface area contributed by atoms with Gasteiger partial charge in [-0.05, 0) is 65.6 Å². The van der Waals surface area contributed by atoms with Crippen LogP contribution in [0.25, 0.3) is 10.9 Å². The fraction of sp³-hybridized carbons (Fsp3) is 0.533. The maximum Gasteiger partial charge on any atom is 0.150 e. The van der Waals surface area contributed by atoms with Crippen LogP contribution in [0.1, 0.15) is 49.8 Å². The molecule has 2 aliphatic rings. The second kappa shape index (κ2) is 5.00. The zero-order valence-corrected chi connectivity index (χ0v) is 13.5. The van der Waals surface area contributed by atoms with Crippen molar-refractivity contribution in [1.29, 1.82) is 0 Å². The largest absolute Gasteiger partial charge is 0.356 e. The molecular weight excluding hydrogens is 340 g/mol. The van der Waals surface area contributed by atoms with Gasteiger partial charge in [0, 0.05) is 21.5 Å². The summed E-state index contributed by atoms with van der Waals surface area (Å²) < 4.78 is 8.95. The van der Waals surface area contributed by atoms with Crippen LogP contribution in [0.15, 0.2) is 16.7 Å². The molecule has 0 amide bonds. The average molecular weight is 356 g/mol. The molecule has 2 fully saturated rings. The Bertz CT molecular complexity index is 659. The van der Waals surface area contributed by atoms with Crippen LogP contribution in [0.2, 0.25) is 5.02 Å². The van der Waals surface area contributed by atoms with Crippen LogP contribution in [0.5, 0.6) is 0 Å². The second-order valence-electron chi connectivity index (χ2n) is 5.70. The summed E-state index contributed by atoms with van der Waals surface area (Å²) in [7, 11) is 0. The Morgan fingerprint density at radius 1 is 1.30 bits per heavy atom. The summed E-state index contributed by atoms with van der Waals surface area (Å²) in [6, 6.07) is 2.06. The summed E-state index contributed by atoms with van der Waals surface area (Å²) in [4.78, 5) is 0. The lowest BCUT2D eigenvalue weighted by Crippen LogP contribution is -2.18. The zero-order valence-electron chi connectivity index (χ0n) is 11.1. The van der Waals surface area contributed by atoms with E-state index < -0.39 is 0 Å².